The number of nitrogens with one attached hydrogen (secondary N) is 1. The van der Waals surface area contributed by atoms with Gasteiger partial charge in [0.15, 0.2) is 0 Å². The molecule has 3 fully saturated rings. The normalized spacial score (nSPS) is 42.2. The molecule has 0 aromatic heterocycles. The summed E-state index contributed by atoms with van der Waals surface area (Å²) in [6.07, 6.45) is 9.71. The predicted octanol–water partition coefficient (Wildman–Crippen LogP) is 3.71. The van der Waals surface area contributed by atoms with Crippen molar-refractivity contribution in [2.24, 2.45) is 17.3 Å². The second-order valence-electron chi connectivity index (χ2n) is 7.84. The maximum absolute atomic E-state index is 6.49. The number of ether oxygens (including phenoxy) is 1. The molecule has 0 amide bonds. The van der Waals surface area contributed by atoms with Crippen molar-refractivity contribution >= 4 is 0 Å². The highest BCUT2D eigenvalue weighted by Crippen LogP contribution is 2.46. The van der Waals surface area contributed by atoms with Crippen molar-refractivity contribution in [3.05, 3.63) is 0 Å². The Morgan fingerprint density at radius 2 is 1.67 bits per heavy atom. The monoisotopic (exact) mass is 251 g/mol. The molecule has 0 aromatic rings. The van der Waals surface area contributed by atoms with Gasteiger partial charge in [0.1, 0.15) is 5.72 Å². The van der Waals surface area contributed by atoms with Crippen LogP contribution in [0.4, 0.5) is 0 Å². The zero-order valence-corrected chi connectivity index (χ0v) is 12.3. The molecule has 3 aliphatic rings. The van der Waals surface area contributed by atoms with Crippen LogP contribution in [0.1, 0.15) is 65.7 Å². The first-order valence-corrected chi connectivity index (χ1v) is 7.91. The van der Waals surface area contributed by atoms with Crippen LogP contribution >= 0.6 is 0 Å². The lowest BCUT2D eigenvalue weighted by Crippen LogP contribution is -2.57. The molecule has 1 unspecified atom stereocenters. The Balaban J connectivity index is 1.60. The Morgan fingerprint density at radius 1 is 1.00 bits per heavy atom. The third kappa shape index (κ3) is 2.60. The van der Waals surface area contributed by atoms with E-state index in [4.69, 9.17) is 4.74 Å². The minimum Gasteiger partial charge on any atom is -0.357 e. The van der Waals surface area contributed by atoms with E-state index in [1.165, 1.54) is 51.5 Å². The molecule has 2 heteroatoms. The highest BCUT2D eigenvalue weighted by atomic mass is 16.5. The van der Waals surface area contributed by atoms with Gasteiger partial charge >= 0.3 is 0 Å². The second-order valence-corrected chi connectivity index (χ2v) is 7.84. The number of hydrogen-bond acceptors (Lipinski definition) is 2. The highest BCUT2D eigenvalue weighted by molar-refractivity contribution is 4.95. The average Bonchev–Trinajstić information content (AvgIpc) is 3.12. The average molecular weight is 251 g/mol. The first kappa shape index (κ1) is 12.9. The van der Waals surface area contributed by atoms with E-state index in [1.807, 2.05) is 0 Å². The van der Waals surface area contributed by atoms with Crippen molar-refractivity contribution in [2.45, 2.75) is 77.5 Å². The molecule has 0 aromatic carbocycles. The molecule has 0 bridgehead atoms. The van der Waals surface area contributed by atoms with Gasteiger partial charge in [-0.3, -0.25) is 5.32 Å². The Morgan fingerprint density at radius 3 is 2.22 bits per heavy atom. The van der Waals surface area contributed by atoms with Gasteiger partial charge in [-0.1, -0.05) is 20.8 Å². The molecular weight excluding hydrogens is 222 g/mol. The zero-order chi connectivity index (χ0) is 12.8. The number of hydrogen-bond donors (Lipinski definition) is 1. The van der Waals surface area contributed by atoms with Crippen LogP contribution in [-0.4, -0.2) is 18.4 Å². The van der Waals surface area contributed by atoms with Crippen LogP contribution in [0.15, 0.2) is 0 Å². The Hall–Kier alpha value is -0.0800. The van der Waals surface area contributed by atoms with Crippen molar-refractivity contribution in [3.63, 3.8) is 0 Å². The largest absolute Gasteiger partial charge is 0.357 e. The van der Waals surface area contributed by atoms with E-state index in [2.05, 4.69) is 26.1 Å². The van der Waals surface area contributed by atoms with Crippen molar-refractivity contribution in [1.82, 2.24) is 5.32 Å². The van der Waals surface area contributed by atoms with Gasteiger partial charge in [0, 0.05) is 6.54 Å². The second kappa shape index (κ2) is 4.49. The quantitative estimate of drug-likeness (QED) is 0.767. The molecule has 1 atom stereocenters. The molecule has 2 aliphatic carbocycles. The van der Waals surface area contributed by atoms with E-state index in [9.17, 15) is 0 Å². The van der Waals surface area contributed by atoms with Crippen molar-refractivity contribution in [2.75, 3.05) is 6.54 Å². The fraction of sp³-hybridized carbons (Fsp3) is 1.00. The zero-order valence-electron chi connectivity index (χ0n) is 12.3. The summed E-state index contributed by atoms with van der Waals surface area (Å²) < 4.78 is 6.49. The van der Waals surface area contributed by atoms with E-state index < -0.39 is 0 Å². The standard InChI is InChI=1S/C16H29NO/c1-15(2,3)13-6-9-16(10-7-13)17-11-8-14(18-16)12-4-5-12/h12-14,17H,4-11H2,1-3H3. The van der Waals surface area contributed by atoms with Gasteiger partial charge in [0.2, 0.25) is 0 Å². The summed E-state index contributed by atoms with van der Waals surface area (Å²) in [5.41, 5.74) is 0.513. The summed E-state index contributed by atoms with van der Waals surface area (Å²) in [5, 5.41) is 3.70. The third-order valence-corrected chi connectivity index (χ3v) is 5.42. The summed E-state index contributed by atoms with van der Waals surface area (Å²) in [7, 11) is 0. The smallest absolute Gasteiger partial charge is 0.119 e. The molecule has 2 saturated carbocycles. The van der Waals surface area contributed by atoms with Crippen LogP contribution in [0.25, 0.3) is 0 Å². The van der Waals surface area contributed by atoms with E-state index in [0.717, 1.165) is 11.8 Å². The fourth-order valence-corrected chi connectivity index (χ4v) is 3.88. The summed E-state index contributed by atoms with van der Waals surface area (Å²) in [6, 6.07) is 0. The Bertz CT molecular complexity index is 295. The Labute approximate surface area is 112 Å². The van der Waals surface area contributed by atoms with Gasteiger partial charge in [-0.2, -0.15) is 0 Å². The van der Waals surface area contributed by atoms with Gasteiger partial charge in [0.05, 0.1) is 6.10 Å². The SMILES string of the molecule is CC(C)(C)C1CCC2(CC1)NCCC(C1CC1)O2. The van der Waals surface area contributed by atoms with Crippen LogP contribution < -0.4 is 5.32 Å². The van der Waals surface area contributed by atoms with Crippen LogP contribution in [0.2, 0.25) is 0 Å². The summed E-state index contributed by atoms with van der Waals surface area (Å²) >= 11 is 0. The molecule has 1 N–H and O–H groups in total. The fourth-order valence-electron chi connectivity index (χ4n) is 3.88. The molecule has 1 heterocycles. The van der Waals surface area contributed by atoms with Crippen LogP contribution in [0, 0.1) is 17.3 Å². The summed E-state index contributed by atoms with van der Waals surface area (Å²) in [5.74, 6) is 1.76. The minimum atomic E-state index is 0.0489. The molecule has 104 valence electrons. The maximum Gasteiger partial charge on any atom is 0.119 e. The molecule has 2 nitrogen and oxygen atoms in total. The molecule has 3 rings (SSSR count). The van der Waals surface area contributed by atoms with E-state index in [1.54, 1.807) is 0 Å². The molecule has 18 heavy (non-hydrogen) atoms. The van der Waals surface area contributed by atoms with Gasteiger partial charge in [0.25, 0.3) is 0 Å². The van der Waals surface area contributed by atoms with Gasteiger partial charge in [-0.15, -0.1) is 0 Å². The van der Waals surface area contributed by atoms with Crippen LogP contribution in [0.5, 0.6) is 0 Å². The number of rotatable bonds is 1. The van der Waals surface area contributed by atoms with Crippen molar-refractivity contribution in [3.8, 4) is 0 Å². The molecule has 0 radical (unpaired) electrons. The summed E-state index contributed by atoms with van der Waals surface area (Å²) in [6.45, 7) is 8.33. The maximum atomic E-state index is 6.49. The third-order valence-electron chi connectivity index (χ3n) is 5.42. The highest BCUT2D eigenvalue weighted by Gasteiger charge is 2.45. The van der Waals surface area contributed by atoms with Crippen molar-refractivity contribution in [1.29, 1.82) is 0 Å². The molecule has 1 spiro atoms. The van der Waals surface area contributed by atoms with Gasteiger partial charge < -0.3 is 4.74 Å². The van der Waals surface area contributed by atoms with E-state index >= 15 is 0 Å². The van der Waals surface area contributed by atoms with Gasteiger partial charge in [-0.25, -0.2) is 0 Å². The lowest BCUT2D eigenvalue weighted by Gasteiger charge is -2.48. The molecule has 1 saturated heterocycles. The summed E-state index contributed by atoms with van der Waals surface area (Å²) in [4.78, 5) is 0. The topological polar surface area (TPSA) is 21.3 Å². The van der Waals surface area contributed by atoms with Crippen LogP contribution in [0.3, 0.4) is 0 Å². The lowest BCUT2D eigenvalue weighted by molar-refractivity contribution is -0.173. The Kier molecular flexibility index (Phi) is 3.22. The van der Waals surface area contributed by atoms with Crippen LogP contribution in [-0.2, 0) is 4.74 Å². The van der Waals surface area contributed by atoms with E-state index in [0.29, 0.717) is 11.5 Å². The van der Waals surface area contributed by atoms with Gasteiger partial charge in [-0.05, 0) is 62.2 Å². The minimum absolute atomic E-state index is 0.0489. The predicted molar refractivity (Wildman–Crippen MR) is 74.4 cm³/mol. The first-order valence-electron chi connectivity index (χ1n) is 7.91. The molecule has 1 aliphatic heterocycles. The lowest BCUT2D eigenvalue weighted by atomic mass is 9.70. The van der Waals surface area contributed by atoms with E-state index in [-0.39, 0.29) is 5.72 Å². The molecular formula is C16H29NO. The first-order chi connectivity index (χ1) is 8.49. The van der Waals surface area contributed by atoms with Crippen molar-refractivity contribution < 1.29 is 4.74 Å².